The lowest BCUT2D eigenvalue weighted by atomic mass is 10.5. The van der Waals surface area contributed by atoms with Crippen molar-refractivity contribution < 1.29 is 0 Å². The minimum atomic E-state index is 0. The number of nitrogens with zero attached hydrogens (tertiary/aromatic N) is 2. The molecule has 0 amide bonds. The predicted octanol–water partition coefficient (Wildman–Crippen LogP) is 2.01. The zero-order chi connectivity index (χ0) is 7.84. The number of thiazole rings is 1. The molecule has 3 nitrogen and oxygen atoms in total. The van der Waals surface area contributed by atoms with Gasteiger partial charge in [-0.05, 0) is 6.92 Å². The molecular weight excluding hydrogens is 229 g/mol. The highest BCUT2D eigenvalue weighted by Crippen LogP contribution is 2.15. The molecule has 0 unspecified atom stereocenters. The molecule has 6 heteroatoms. The summed E-state index contributed by atoms with van der Waals surface area (Å²) >= 11 is 1.68. The van der Waals surface area contributed by atoms with Crippen LogP contribution in [0.5, 0.6) is 0 Å². The Kier molecular flexibility index (Phi) is 4.70. The van der Waals surface area contributed by atoms with Gasteiger partial charge in [0.15, 0.2) is 4.96 Å². The minimum Gasteiger partial charge on any atom is -0.325 e. The fraction of sp³-hybridized carbons (Fsp3) is 0.286. The average Bonchev–Trinajstić information content (AvgIpc) is 2.43. The summed E-state index contributed by atoms with van der Waals surface area (Å²) in [7, 11) is 0. The van der Waals surface area contributed by atoms with Crippen molar-refractivity contribution >= 4 is 41.1 Å². The number of hydrogen-bond acceptors (Lipinski definition) is 3. The summed E-state index contributed by atoms with van der Waals surface area (Å²) in [5.74, 6) is 0. The maximum atomic E-state index is 5.44. The summed E-state index contributed by atoms with van der Waals surface area (Å²) in [5, 5.41) is 0. The molecule has 2 heterocycles. The molecule has 2 aromatic rings. The standard InChI is InChI=1S/C7H9N3S.2ClH/c1-5-3-10-4-6(2-8)9-7(10)11-5;;/h3-4H,2,8H2,1H3;2*1H. The van der Waals surface area contributed by atoms with E-state index in [1.807, 2.05) is 10.6 Å². The van der Waals surface area contributed by atoms with E-state index < -0.39 is 0 Å². The van der Waals surface area contributed by atoms with Crippen LogP contribution in [0.15, 0.2) is 12.4 Å². The number of hydrogen-bond donors (Lipinski definition) is 1. The van der Waals surface area contributed by atoms with Crippen molar-refractivity contribution in [3.8, 4) is 0 Å². The minimum absolute atomic E-state index is 0. The Balaban J connectivity index is 0.000000720. The molecule has 0 bridgehead atoms. The van der Waals surface area contributed by atoms with Crippen molar-refractivity contribution in [1.29, 1.82) is 0 Å². The van der Waals surface area contributed by atoms with E-state index in [1.54, 1.807) is 11.3 Å². The summed E-state index contributed by atoms with van der Waals surface area (Å²) < 4.78 is 2.02. The molecule has 2 rings (SSSR count). The molecule has 2 aromatic heterocycles. The quantitative estimate of drug-likeness (QED) is 0.828. The van der Waals surface area contributed by atoms with Gasteiger partial charge in [0.1, 0.15) is 0 Å². The van der Waals surface area contributed by atoms with Crippen LogP contribution < -0.4 is 5.73 Å². The molecule has 0 saturated heterocycles. The van der Waals surface area contributed by atoms with Crippen molar-refractivity contribution in [3.05, 3.63) is 23.0 Å². The Bertz CT molecular complexity index is 350. The predicted molar refractivity (Wildman–Crippen MR) is 60.2 cm³/mol. The van der Waals surface area contributed by atoms with Gasteiger partial charge in [-0.1, -0.05) is 0 Å². The van der Waals surface area contributed by atoms with Gasteiger partial charge >= 0.3 is 0 Å². The largest absolute Gasteiger partial charge is 0.325 e. The van der Waals surface area contributed by atoms with Gasteiger partial charge in [0, 0.05) is 23.8 Å². The molecule has 2 N–H and O–H groups in total. The second-order valence-electron chi connectivity index (χ2n) is 2.47. The molecule has 0 aliphatic carbocycles. The molecule has 0 fully saturated rings. The van der Waals surface area contributed by atoms with Gasteiger partial charge in [-0.25, -0.2) is 4.98 Å². The summed E-state index contributed by atoms with van der Waals surface area (Å²) in [4.78, 5) is 6.61. The maximum absolute atomic E-state index is 5.44. The number of halogens is 2. The zero-order valence-electron chi connectivity index (χ0n) is 7.06. The Labute approximate surface area is 92.8 Å². The molecule has 0 spiro atoms. The van der Waals surface area contributed by atoms with Crippen molar-refractivity contribution in [3.63, 3.8) is 0 Å². The molecule has 0 saturated carbocycles. The normalized spacial score (nSPS) is 9.38. The number of aryl methyl sites for hydroxylation is 1. The van der Waals surface area contributed by atoms with Crippen molar-refractivity contribution in [2.45, 2.75) is 13.5 Å². The Hall–Kier alpha value is -0.290. The number of rotatable bonds is 1. The van der Waals surface area contributed by atoms with Crippen molar-refractivity contribution in [2.75, 3.05) is 0 Å². The summed E-state index contributed by atoms with van der Waals surface area (Å²) in [6, 6.07) is 0. The topological polar surface area (TPSA) is 43.3 Å². The van der Waals surface area contributed by atoms with Gasteiger partial charge < -0.3 is 5.73 Å². The fourth-order valence-corrected chi connectivity index (χ4v) is 1.89. The van der Waals surface area contributed by atoms with Crippen LogP contribution in [-0.4, -0.2) is 9.38 Å². The number of fused-ring (bicyclic) bond motifs is 1. The average molecular weight is 240 g/mol. The lowest BCUT2D eigenvalue weighted by Gasteiger charge is -1.81. The Morgan fingerprint density at radius 3 is 2.69 bits per heavy atom. The van der Waals surface area contributed by atoms with Crippen molar-refractivity contribution in [1.82, 2.24) is 9.38 Å². The SMILES string of the molecule is Cc1cn2cc(CN)nc2s1.Cl.Cl. The first-order valence-corrected chi connectivity index (χ1v) is 4.25. The highest BCUT2D eigenvalue weighted by Gasteiger charge is 2.01. The summed E-state index contributed by atoms with van der Waals surface area (Å²) in [6.45, 7) is 2.59. The van der Waals surface area contributed by atoms with Crippen LogP contribution in [0.3, 0.4) is 0 Å². The summed E-state index contributed by atoms with van der Waals surface area (Å²) in [5.41, 5.74) is 6.39. The molecule has 0 aliphatic rings. The molecule has 0 atom stereocenters. The van der Waals surface area contributed by atoms with Gasteiger partial charge in [0.2, 0.25) is 0 Å². The molecule has 0 aromatic carbocycles. The third-order valence-electron chi connectivity index (χ3n) is 1.53. The lowest BCUT2D eigenvalue weighted by Crippen LogP contribution is -1.95. The van der Waals surface area contributed by atoms with Gasteiger partial charge in [-0.3, -0.25) is 4.40 Å². The highest BCUT2D eigenvalue weighted by molar-refractivity contribution is 7.16. The van der Waals surface area contributed by atoms with Gasteiger partial charge in [0.05, 0.1) is 5.69 Å². The van der Waals surface area contributed by atoms with Crippen LogP contribution in [0.2, 0.25) is 0 Å². The number of nitrogens with two attached hydrogens (primary N) is 1. The van der Waals surface area contributed by atoms with E-state index in [4.69, 9.17) is 5.73 Å². The fourth-order valence-electron chi connectivity index (χ4n) is 1.06. The van der Waals surface area contributed by atoms with Crippen molar-refractivity contribution in [2.24, 2.45) is 5.73 Å². The van der Waals surface area contributed by atoms with E-state index >= 15 is 0 Å². The molecule has 0 aliphatic heterocycles. The van der Waals surface area contributed by atoms with Gasteiger partial charge in [0.25, 0.3) is 0 Å². The first-order chi connectivity index (χ1) is 5.29. The lowest BCUT2D eigenvalue weighted by molar-refractivity contribution is 1.01. The zero-order valence-corrected chi connectivity index (χ0v) is 9.51. The van der Waals surface area contributed by atoms with E-state index in [0.29, 0.717) is 6.54 Å². The smallest absolute Gasteiger partial charge is 0.194 e. The van der Waals surface area contributed by atoms with Crippen LogP contribution in [-0.2, 0) is 6.54 Å². The van der Waals surface area contributed by atoms with E-state index in [0.717, 1.165) is 10.7 Å². The summed E-state index contributed by atoms with van der Waals surface area (Å²) in [6.07, 6.45) is 4.03. The first kappa shape index (κ1) is 12.7. The third kappa shape index (κ3) is 2.34. The molecular formula is C7H11Cl2N3S. The van der Waals surface area contributed by atoms with Crippen LogP contribution in [0, 0.1) is 6.92 Å². The van der Waals surface area contributed by atoms with E-state index in [2.05, 4.69) is 18.1 Å². The Morgan fingerprint density at radius 1 is 1.46 bits per heavy atom. The maximum Gasteiger partial charge on any atom is 0.194 e. The van der Waals surface area contributed by atoms with Crippen LogP contribution in [0.1, 0.15) is 10.6 Å². The van der Waals surface area contributed by atoms with E-state index in [9.17, 15) is 0 Å². The monoisotopic (exact) mass is 239 g/mol. The van der Waals surface area contributed by atoms with E-state index in [-0.39, 0.29) is 24.8 Å². The van der Waals surface area contributed by atoms with E-state index in [1.165, 1.54) is 4.88 Å². The molecule has 13 heavy (non-hydrogen) atoms. The second-order valence-corrected chi connectivity index (χ2v) is 3.68. The highest BCUT2D eigenvalue weighted by atomic mass is 35.5. The van der Waals surface area contributed by atoms with Crippen LogP contribution in [0.4, 0.5) is 0 Å². The third-order valence-corrected chi connectivity index (χ3v) is 2.44. The van der Waals surface area contributed by atoms with Crippen LogP contribution >= 0.6 is 36.2 Å². The number of imidazole rings is 1. The number of aromatic nitrogens is 2. The molecule has 74 valence electrons. The first-order valence-electron chi connectivity index (χ1n) is 3.43. The second kappa shape index (κ2) is 4.81. The molecule has 0 radical (unpaired) electrons. The van der Waals surface area contributed by atoms with Gasteiger partial charge in [-0.15, -0.1) is 36.2 Å². The van der Waals surface area contributed by atoms with Gasteiger partial charge in [-0.2, -0.15) is 0 Å². The Morgan fingerprint density at radius 2 is 2.15 bits per heavy atom. The van der Waals surface area contributed by atoms with Crippen LogP contribution in [0.25, 0.3) is 4.96 Å².